The molecule has 2 aromatic carbocycles. The number of likely N-dealkylation sites (N-methyl/N-ethyl adjacent to an activating group) is 1. The zero-order chi connectivity index (χ0) is 26.4. The summed E-state index contributed by atoms with van der Waals surface area (Å²) in [5.41, 5.74) is 1.39. The fourth-order valence-electron chi connectivity index (χ4n) is 9.37. The van der Waals surface area contributed by atoms with Crippen LogP contribution in [0.15, 0.2) is 48.6 Å². The molecule has 38 heavy (non-hydrogen) atoms. The van der Waals surface area contributed by atoms with E-state index in [0.717, 1.165) is 36.2 Å². The molecule has 3 heterocycles. The smallest absolute Gasteiger partial charge is 0.241 e. The van der Waals surface area contributed by atoms with E-state index >= 15 is 0 Å². The fraction of sp³-hybridized carbons (Fsp3) is 0.467. The van der Waals surface area contributed by atoms with Gasteiger partial charge in [-0.3, -0.25) is 9.59 Å². The van der Waals surface area contributed by atoms with E-state index in [1.54, 1.807) is 13.2 Å². The van der Waals surface area contributed by atoms with Crippen LogP contribution in [0.4, 0.5) is 11.4 Å². The summed E-state index contributed by atoms with van der Waals surface area (Å²) in [6.45, 7) is 0.837. The van der Waals surface area contributed by atoms with E-state index in [0.29, 0.717) is 11.4 Å². The van der Waals surface area contributed by atoms with E-state index in [1.165, 1.54) is 4.90 Å². The number of ether oxygens (including phenoxy) is 2. The first-order valence-corrected chi connectivity index (χ1v) is 13.4. The Morgan fingerprint density at radius 3 is 2.50 bits per heavy atom. The van der Waals surface area contributed by atoms with Crippen LogP contribution in [-0.2, 0) is 26.2 Å². The van der Waals surface area contributed by atoms with Crippen LogP contribution in [0.1, 0.15) is 17.5 Å². The average molecular weight is 514 g/mol. The Morgan fingerprint density at radius 2 is 1.79 bits per heavy atom. The van der Waals surface area contributed by atoms with Crippen molar-refractivity contribution < 1.29 is 24.2 Å². The molecule has 4 bridgehead atoms. The van der Waals surface area contributed by atoms with E-state index in [2.05, 4.69) is 18.0 Å². The Morgan fingerprint density at radius 1 is 1.05 bits per heavy atom. The van der Waals surface area contributed by atoms with Crippen LogP contribution in [0.2, 0.25) is 0 Å². The van der Waals surface area contributed by atoms with E-state index in [4.69, 9.17) is 9.47 Å². The average Bonchev–Trinajstić information content (AvgIpc) is 3.42. The third kappa shape index (κ3) is 2.10. The summed E-state index contributed by atoms with van der Waals surface area (Å²) in [5, 5.41) is 10.9. The molecule has 196 valence electrons. The molecule has 2 saturated heterocycles. The number of hydrogen-bond donors (Lipinski definition) is 1. The molecular weight excluding hydrogens is 482 g/mol. The van der Waals surface area contributed by atoms with Gasteiger partial charge in [0.2, 0.25) is 11.8 Å². The number of anilines is 2. The van der Waals surface area contributed by atoms with Crippen molar-refractivity contribution in [3.63, 3.8) is 0 Å². The van der Waals surface area contributed by atoms with Crippen molar-refractivity contribution in [1.82, 2.24) is 4.90 Å². The number of carbonyl (C=O) groups is 2. The summed E-state index contributed by atoms with van der Waals surface area (Å²) < 4.78 is 13.0. The fourth-order valence-corrected chi connectivity index (χ4v) is 9.37. The van der Waals surface area contributed by atoms with Gasteiger partial charge in [0.1, 0.15) is 11.7 Å². The van der Waals surface area contributed by atoms with E-state index in [-0.39, 0.29) is 23.6 Å². The Bertz CT molecular complexity index is 1470. The number of likely N-dealkylation sites (tertiary alicyclic amines) is 1. The number of imide groups is 1. The molecule has 2 spiro atoms. The Labute approximate surface area is 221 Å². The number of phenolic OH excluding ortho intramolecular Hbond substituents is 1. The van der Waals surface area contributed by atoms with Gasteiger partial charge in [0.05, 0.1) is 22.9 Å². The molecule has 0 aromatic heterocycles. The number of benzene rings is 2. The lowest BCUT2D eigenvalue weighted by atomic mass is 9.34. The SMILES string of the molecule is CO[C@]12C=C[C@@]3(C4C(=O)N(c5ccc(N(C)C)cc5)C(=O)C41)[C@H]1Cc4ccc(O)c5c4[C@@]3(CCN1C)[C@H]2O5. The van der Waals surface area contributed by atoms with Crippen molar-refractivity contribution in [2.75, 3.05) is 44.6 Å². The largest absolute Gasteiger partial charge is 0.504 e. The molecule has 0 radical (unpaired) electrons. The monoisotopic (exact) mass is 513 g/mol. The number of phenols is 1. The molecule has 7 atom stereocenters. The van der Waals surface area contributed by atoms with Crippen LogP contribution in [0.5, 0.6) is 11.5 Å². The number of nitrogens with zero attached hydrogens (tertiary/aromatic N) is 3. The van der Waals surface area contributed by atoms with E-state index < -0.39 is 34.4 Å². The minimum absolute atomic E-state index is 0.0112. The van der Waals surface area contributed by atoms with Gasteiger partial charge in [0, 0.05) is 43.9 Å². The van der Waals surface area contributed by atoms with Gasteiger partial charge in [-0.2, -0.15) is 0 Å². The van der Waals surface area contributed by atoms with Crippen LogP contribution < -0.4 is 14.5 Å². The summed E-state index contributed by atoms with van der Waals surface area (Å²) in [6.07, 6.45) is 5.18. The molecule has 3 fully saturated rings. The molecule has 9 rings (SSSR count). The normalized spacial score (nSPS) is 39.3. The highest BCUT2D eigenvalue weighted by molar-refractivity contribution is 6.23. The first kappa shape index (κ1) is 22.6. The summed E-state index contributed by atoms with van der Waals surface area (Å²) in [7, 11) is 7.66. The summed E-state index contributed by atoms with van der Waals surface area (Å²) in [4.78, 5) is 34.7. The van der Waals surface area contributed by atoms with Gasteiger partial charge in [-0.1, -0.05) is 18.2 Å². The number of aromatic hydroxyl groups is 1. The van der Waals surface area contributed by atoms with Crippen LogP contribution in [0.25, 0.3) is 0 Å². The molecular formula is C30H31N3O5. The maximum Gasteiger partial charge on any atom is 0.241 e. The van der Waals surface area contributed by atoms with Crippen molar-refractivity contribution >= 4 is 23.2 Å². The number of methoxy groups -OCH3 is 1. The van der Waals surface area contributed by atoms with Crippen LogP contribution in [0, 0.1) is 17.3 Å². The van der Waals surface area contributed by atoms with Crippen LogP contribution in [0.3, 0.4) is 0 Å². The maximum absolute atomic E-state index is 14.6. The third-order valence-electron chi connectivity index (χ3n) is 10.8. The van der Waals surface area contributed by atoms with E-state index in [9.17, 15) is 14.7 Å². The highest BCUT2D eigenvalue weighted by Gasteiger charge is 2.86. The third-order valence-corrected chi connectivity index (χ3v) is 10.8. The molecule has 2 unspecified atom stereocenters. The van der Waals surface area contributed by atoms with Gasteiger partial charge in [-0.25, -0.2) is 4.90 Å². The second kappa shape index (κ2) is 6.79. The second-order valence-electron chi connectivity index (χ2n) is 12.1. The maximum atomic E-state index is 14.6. The van der Waals surface area contributed by atoms with Crippen molar-refractivity contribution in [3.05, 3.63) is 59.7 Å². The van der Waals surface area contributed by atoms with Gasteiger partial charge in [0.25, 0.3) is 0 Å². The molecule has 1 N–H and O–H groups in total. The number of piperidine rings is 1. The summed E-state index contributed by atoms with van der Waals surface area (Å²) in [6, 6.07) is 11.3. The van der Waals surface area contributed by atoms with Gasteiger partial charge in [0.15, 0.2) is 11.5 Å². The lowest BCUT2D eigenvalue weighted by Gasteiger charge is -2.71. The lowest BCUT2D eigenvalue weighted by molar-refractivity contribution is -0.229. The standard InChI is InChI=1S/C30H31N3O5/c1-31(2)17-6-8-18(9-7-17)33-25(35)22-23(26(33)36)30(37-4)12-11-28(22)20-15-16-5-10-19(34)24-21(16)29(28,27(30)38-24)13-14-32(20)3/h5-12,20,22-23,27,34H,13-15H2,1-4H3/t20-,22?,23?,27-,28+,29+,30-/m1/s1. The molecule has 8 nitrogen and oxygen atoms in total. The molecule has 1 saturated carbocycles. The quantitative estimate of drug-likeness (QED) is 0.499. The van der Waals surface area contributed by atoms with E-state index in [1.807, 2.05) is 55.4 Å². The first-order valence-electron chi connectivity index (χ1n) is 13.4. The van der Waals surface area contributed by atoms with Crippen LogP contribution in [-0.4, -0.2) is 74.4 Å². The van der Waals surface area contributed by atoms with Crippen molar-refractivity contribution in [3.8, 4) is 11.5 Å². The minimum atomic E-state index is -1.13. The lowest BCUT2D eigenvalue weighted by Crippen LogP contribution is -2.82. The zero-order valence-electron chi connectivity index (χ0n) is 22.0. The summed E-state index contributed by atoms with van der Waals surface area (Å²) in [5.74, 6) is -1.12. The molecule has 3 aliphatic heterocycles. The number of carbonyl (C=O) groups excluding carboxylic acids is 2. The number of hydrogen-bond acceptors (Lipinski definition) is 7. The Kier molecular flexibility index (Phi) is 4.04. The summed E-state index contributed by atoms with van der Waals surface area (Å²) >= 11 is 0. The van der Waals surface area contributed by atoms with Gasteiger partial charge in [-0.05, 0) is 62.3 Å². The molecule has 7 aliphatic rings. The molecule has 2 amide bonds. The first-order chi connectivity index (χ1) is 18.2. The highest BCUT2D eigenvalue weighted by Crippen LogP contribution is 2.77. The Hall–Kier alpha value is -3.36. The van der Waals surface area contributed by atoms with Crippen LogP contribution >= 0.6 is 0 Å². The topological polar surface area (TPSA) is 82.5 Å². The number of rotatable bonds is 3. The predicted molar refractivity (Wildman–Crippen MR) is 140 cm³/mol. The Balaban J connectivity index is 1.39. The second-order valence-corrected chi connectivity index (χ2v) is 12.1. The molecule has 2 aromatic rings. The molecule has 8 heteroatoms. The molecule has 4 aliphatic carbocycles. The van der Waals surface area contributed by atoms with Gasteiger partial charge >= 0.3 is 0 Å². The predicted octanol–water partition coefficient (Wildman–Crippen LogP) is 2.48. The van der Waals surface area contributed by atoms with Crippen molar-refractivity contribution in [2.45, 2.75) is 36.0 Å². The van der Waals surface area contributed by atoms with Crippen molar-refractivity contribution in [2.24, 2.45) is 17.3 Å². The van der Waals surface area contributed by atoms with Gasteiger partial charge in [-0.15, -0.1) is 0 Å². The number of amides is 2. The van der Waals surface area contributed by atoms with Crippen molar-refractivity contribution in [1.29, 1.82) is 0 Å². The zero-order valence-corrected chi connectivity index (χ0v) is 22.0. The van der Waals surface area contributed by atoms with Gasteiger partial charge < -0.3 is 24.4 Å². The highest BCUT2D eigenvalue weighted by atomic mass is 16.6. The minimum Gasteiger partial charge on any atom is -0.504 e.